The van der Waals surface area contributed by atoms with Crippen molar-refractivity contribution in [2.75, 3.05) is 32.5 Å². The van der Waals surface area contributed by atoms with Crippen LogP contribution in [0.5, 0.6) is 0 Å². The third-order valence-electron chi connectivity index (χ3n) is 2.72. The van der Waals surface area contributed by atoms with Crippen molar-refractivity contribution in [3.63, 3.8) is 0 Å². The second kappa shape index (κ2) is 7.08. The molecule has 0 fully saturated rings. The number of benzene rings is 1. The standard InChI is InChI=1S/C13H20FN3O/c1-10(17(2)3)8-15-9-13(18)16-12-6-4-5-11(14)7-12/h4-7,10,15H,8-9H2,1-3H3,(H,16,18). The molecule has 0 aliphatic rings. The zero-order chi connectivity index (χ0) is 13.5. The van der Waals surface area contributed by atoms with Crippen LogP contribution in [0, 0.1) is 5.82 Å². The second-order valence-corrected chi connectivity index (χ2v) is 4.50. The number of hydrogen-bond donors (Lipinski definition) is 2. The van der Waals surface area contributed by atoms with Crippen LogP contribution in [0.25, 0.3) is 0 Å². The van der Waals surface area contributed by atoms with Crippen LogP contribution in [0.3, 0.4) is 0 Å². The van der Waals surface area contributed by atoms with Gasteiger partial charge in [-0.25, -0.2) is 4.39 Å². The van der Waals surface area contributed by atoms with Crippen LogP contribution >= 0.6 is 0 Å². The van der Waals surface area contributed by atoms with E-state index in [0.29, 0.717) is 11.7 Å². The summed E-state index contributed by atoms with van der Waals surface area (Å²) in [6.07, 6.45) is 0. The van der Waals surface area contributed by atoms with Crippen molar-refractivity contribution < 1.29 is 9.18 Å². The molecule has 1 rings (SSSR count). The van der Waals surface area contributed by atoms with Gasteiger partial charge in [-0.2, -0.15) is 0 Å². The fourth-order valence-corrected chi connectivity index (χ4v) is 1.35. The van der Waals surface area contributed by atoms with E-state index in [-0.39, 0.29) is 18.3 Å². The molecule has 0 saturated heterocycles. The maximum Gasteiger partial charge on any atom is 0.238 e. The number of amides is 1. The summed E-state index contributed by atoms with van der Waals surface area (Å²) < 4.78 is 12.9. The highest BCUT2D eigenvalue weighted by atomic mass is 19.1. The van der Waals surface area contributed by atoms with Crippen LogP contribution in [-0.2, 0) is 4.79 Å². The van der Waals surface area contributed by atoms with Gasteiger partial charge in [0, 0.05) is 18.3 Å². The van der Waals surface area contributed by atoms with Gasteiger partial charge in [-0.3, -0.25) is 4.79 Å². The summed E-state index contributed by atoms with van der Waals surface area (Å²) >= 11 is 0. The minimum atomic E-state index is -0.359. The van der Waals surface area contributed by atoms with E-state index in [2.05, 4.69) is 22.5 Å². The summed E-state index contributed by atoms with van der Waals surface area (Å²) in [7, 11) is 3.97. The molecule has 0 aliphatic heterocycles. The van der Waals surface area contributed by atoms with Crippen molar-refractivity contribution in [1.82, 2.24) is 10.2 Å². The normalized spacial score (nSPS) is 12.5. The molecule has 1 unspecified atom stereocenters. The number of anilines is 1. The van der Waals surface area contributed by atoms with Gasteiger partial charge in [0.2, 0.25) is 5.91 Å². The molecule has 100 valence electrons. The van der Waals surface area contributed by atoms with Gasteiger partial charge in [0.05, 0.1) is 6.54 Å². The summed E-state index contributed by atoms with van der Waals surface area (Å²) in [6.45, 7) is 3.01. The first-order valence-corrected chi connectivity index (χ1v) is 5.91. The highest BCUT2D eigenvalue weighted by Gasteiger charge is 2.06. The Balaban J connectivity index is 2.30. The van der Waals surface area contributed by atoms with Crippen molar-refractivity contribution in [2.45, 2.75) is 13.0 Å². The Labute approximate surface area is 107 Å². The van der Waals surface area contributed by atoms with Gasteiger partial charge in [0.1, 0.15) is 5.82 Å². The van der Waals surface area contributed by atoms with E-state index in [1.165, 1.54) is 12.1 Å². The maximum absolute atomic E-state index is 12.9. The minimum Gasteiger partial charge on any atom is -0.325 e. The number of carbonyl (C=O) groups is 1. The molecular formula is C13H20FN3O. The van der Waals surface area contributed by atoms with Crippen LogP contribution in [0.2, 0.25) is 0 Å². The molecule has 1 atom stereocenters. The van der Waals surface area contributed by atoms with Crippen molar-refractivity contribution in [3.05, 3.63) is 30.1 Å². The van der Waals surface area contributed by atoms with Gasteiger partial charge in [-0.15, -0.1) is 0 Å². The Morgan fingerprint density at radius 1 is 1.44 bits per heavy atom. The predicted octanol–water partition coefficient (Wildman–Crippen LogP) is 1.30. The van der Waals surface area contributed by atoms with Crippen LogP contribution in [0.1, 0.15) is 6.92 Å². The third-order valence-corrected chi connectivity index (χ3v) is 2.72. The molecule has 2 N–H and O–H groups in total. The molecule has 0 radical (unpaired) electrons. The van der Waals surface area contributed by atoms with Gasteiger partial charge < -0.3 is 15.5 Å². The van der Waals surface area contributed by atoms with Crippen LogP contribution in [0.15, 0.2) is 24.3 Å². The number of nitrogens with one attached hydrogen (secondary N) is 2. The van der Waals surface area contributed by atoms with E-state index in [1.54, 1.807) is 12.1 Å². The smallest absolute Gasteiger partial charge is 0.238 e. The third kappa shape index (κ3) is 5.25. The van der Waals surface area contributed by atoms with Crippen molar-refractivity contribution >= 4 is 11.6 Å². The van der Waals surface area contributed by atoms with Crippen LogP contribution in [0.4, 0.5) is 10.1 Å². The van der Waals surface area contributed by atoms with Crippen LogP contribution < -0.4 is 10.6 Å². The number of rotatable bonds is 6. The van der Waals surface area contributed by atoms with E-state index >= 15 is 0 Å². The first-order chi connectivity index (χ1) is 8.49. The van der Waals surface area contributed by atoms with Gasteiger partial charge in [0.15, 0.2) is 0 Å². The molecule has 0 aliphatic carbocycles. The molecule has 1 aromatic rings. The van der Waals surface area contributed by atoms with Crippen molar-refractivity contribution in [3.8, 4) is 0 Å². The van der Waals surface area contributed by atoms with Crippen molar-refractivity contribution in [1.29, 1.82) is 0 Å². The Kier molecular flexibility index (Phi) is 5.74. The Morgan fingerprint density at radius 2 is 2.17 bits per heavy atom. The largest absolute Gasteiger partial charge is 0.325 e. The molecular weight excluding hydrogens is 233 g/mol. The summed E-state index contributed by atoms with van der Waals surface area (Å²) in [5.74, 6) is -0.534. The Hall–Kier alpha value is -1.46. The van der Waals surface area contributed by atoms with E-state index in [9.17, 15) is 9.18 Å². The van der Waals surface area contributed by atoms with E-state index in [0.717, 1.165) is 6.54 Å². The number of hydrogen-bond acceptors (Lipinski definition) is 3. The molecule has 0 saturated carbocycles. The first kappa shape index (κ1) is 14.6. The number of carbonyl (C=O) groups excluding carboxylic acids is 1. The molecule has 4 nitrogen and oxygen atoms in total. The summed E-state index contributed by atoms with van der Waals surface area (Å²) in [5.41, 5.74) is 0.474. The molecule has 1 aromatic carbocycles. The molecule has 0 heterocycles. The van der Waals surface area contributed by atoms with E-state index in [4.69, 9.17) is 0 Å². The summed E-state index contributed by atoms with van der Waals surface area (Å²) in [6, 6.07) is 6.20. The first-order valence-electron chi connectivity index (χ1n) is 5.91. The number of likely N-dealkylation sites (N-methyl/N-ethyl adjacent to an activating group) is 1. The monoisotopic (exact) mass is 253 g/mol. The molecule has 5 heteroatoms. The lowest BCUT2D eigenvalue weighted by Gasteiger charge is -2.19. The van der Waals surface area contributed by atoms with Gasteiger partial charge in [-0.05, 0) is 39.2 Å². The lowest BCUT2D eigenvalue weighted by Crippen LogP contribution is -2.38. The van der Waals surface area contributed by atoms with Gasteiger partial charge in [0.25, 0.3) is 0 Å². The number of nitrogens with zero attached hydrogens (tertiary/aromatic N) is 1. The van der Waals surface area contributed by atoms with E-state index in [1.807, 2.05) is 14.1 Å². The predicted molar refractivity (Wildman–Crippen MR) is 71.0 cm³/mol. The SMILES string of the molecule is CC(CNCC(=O)Nc1cccc(F)c1)N(C)C. The molecule has 18 heavy (non-hydrogen) atoms. The lowest BCUT2D eigenvalue weighted by atomic mass is 10.3. The molecule has 0 bridgehead atoms. The minimum absolute atomic E-state index is 0.174. The van der Waals surface area contributed by atoms with Gasteiger partial charge in [-0.1, -0.05) is 6.07 Å². The Bertz CT molecular complexity index is 396. The molecule has 1 amide bonds. The Morgan fingerprint density at radius 3 is 2.78 bits per heavy atom. The van der Waals surface area contributed by atoms with Crippen LogP contribution in [-0.4, -0.2) is 44.0 Å². The topological polar surface area (TPSA) is 44.4 Å². The molecule has 0 spiro atoms. The number of halogens is 1. The highest BCUT2D eigenvalue weighted by molar-refractivity contribution is 5.92. The second-order valence-electron chi connectivity index (χ2n) is 4.50. The quantitative estimate of drug-likeness (QED) is 0.803. The highest BCUT2D eigenvalue weighted by Crippen LogP contribution is 2.08. The molecule has 0 aromatic heterocycles. The fraction of sp³-hybridized carbons (Fsp3) is 0.462. The average Bonchev–Trinajstić information content (AvgIpc) is 2.28. The van der Waals surface area contributed by atoms with E-state index < -0.39 is 0 Å². The zero-order valence-electron chi connectivity index (χ0n) is 11.0. The maximum atomic E-state index is 12.9. The summed E-state index contributed by atoms with van der Waals surface area (Å²) in [4.78, 5) is 13.6. The zero-order valence-corrected chi connectivity index (χ0v) is 11.0. The lowest BCUT2D eigenvalue weighted by molar-refractivity contribution is -0.115. The van der Waals surface area contributed by atoms with Gasteiger partial charge >= 0.3 is 0 Å². The summed E-state index contributed by atoms with van der Waals surface area (Å²) in [5, 5.41) is 5.68. The fourth-order valence-electron chi connectivity index (χ4n) is 1.35. The van der Waals surface area contributed by atoms with Crippen molar-refractivity contribution in [2.24, 2.45) is 0 Å². The average molecular weight is 253 g/mol.